The van der Waals surface area contributed by atoms with E-state index in [1.807, 2.05) is 0 Å². The third kappa shape index (κ3) is 5.59. The minimum Gasteiger partial charge on any atom is -0.0882 e. The van der Waals surface area contributed by atoms with Crippen LogP contribution in [0, 0.1) is 11.8 Å². The highest BCUT2D eigenvalue weighted by atomic mass is 28.1. The van der Waals surface area contributed by atoms with Crippen molar-refractivity contribution in [3.63, 3.8) is 0 Å². The third-order valence-corrected chi connectivity index (χ3v) is 5.44. The van der Waals surface area contributed by atoms with E-state index < -0.39 is 0 Å². The predicted octanol–water partition coefficient (Wildman–Crippen LogP) is 2.79. The van der Waals surface area contributed by atoms with E-state index >= 15 is 0 Å². The maximum Gasteiger partial charge on any atom is 0.00738 e. The Bertz CT molecular complexity index is 111. The van der Waals surface area contributed by atoms with E-state index in [-0.39, 0.29) is 0 Å². The molecule has 0 nitrogen and oxygen atoms in total. The first-order valence-corrected chi connectivity index (χ1v) is 6.36. The molecule has 1 rings (SSSR count). The molecule has 0 aromatic heterocycles. The summed E-state index contributed by atoms with van der Waals surface area (Å²) in [5.41, 5.74) is 1.01. The van der Waals surface area contributed by atoms with Gasteiger partial charge < -0.3 is 0 Å². The zero-order valence-electron chi connectivity index (χ0n) is 9.30. The van der Waals surface area contributed by atoms with Crippen LogP contribution in [0.5, 0.6) is 0 Å². The average molecular weight is 184 g/mol. The monoisotopic (exact) mass is 184 g/mol. The van der Waals surface area contributed by atoms with E-state index in [1.165, 1.54) is 23.1 Å². The molecule has 0 heterocycles. The SMILES string of the molecule is C1=CCC1.CC(C)C([SiH3])C(C)C. The van der Waals surface area contributed by atoms with Gasteiger partial charge in [0.15, 0.2) is 0 Å². The Morgan fingerprint density at radius 1 is 0.917 bits per heavy atom. The molecule has 0 radical (unpaired) electrons. The summed E-state index contributed by atoms with van der Waals surface area (Å²) in [6.45, 7) is 9.27. The fourth-order valence-corrected chi connectivity index (χ4v) is 0.936. The summed E-state index contributed by atoms with van der Waals surface area (Å²) in [5.74, 6) is 1.81. The molecule has 12 heavy (non-hydrogen) atoms. The molecule has 0 aromatic carbocycles. The first-order chi connectivity index (χ1) is 5.55. The van der Waals surface area contributed by atoms with Gasteiger partial charge in [0.25, 0.3) is 0 Å². The lowest BCUT2D eigenvalue weighted by atomic mass is 10.00. The molecule has 1 aliphatic rings. The molecule has 0 amide bonds. The molecule has 0 bridgehead atoms. The molecule has 0 unspecified atom stereocenters. The molecule has 0 aromatic rings. The smallest absolute Gasteiger partial charge is 0.00738 e. The second-order valence-electron chi connectivity index (χ2n) is 4.40. The highest BCUT2D eigenvalue weighted by Gasteiger charge is 2.09. The van der Waals surface area contributed by atoms with Gasteiger partial charge in [0, 0.05) is 10.2 Å². The van der Waals surface area contributed by atoms with Gasteiger partial charge in [-0.25, -0.2) is 0 Å². The largest absolute Gasteiger partial charge is 0.0882 e. The van der Waals surface area contributed by atoms with Crippen LogP contribution in [0.3, 0.4) is 0 Å². The number of allylic oxidation sites excluding steroid dienone is 2. The number of hydrogen-bond acceptors (Lipinski definition) is 0. The predicted molar refractivity (Wildman–Crippen MR) is 61.7 cm³/mol. The summed E-state index contributed by atoms with van der Waals surface area (Å²) in [6.07, 6.45) is 7.00. The van der Waals surface area contributed by atoms with Crippen molar-refractivity contribution in [2.24, 2.45) is 11.8 Å². The molecule has 0 atom stereocenters. The molecule has 0 N–H and O–H groups in total. The van der Waals surface area contributed by atoms with Crippen molar-refractivity contribution < 1.29 is 0 Å². The fourth-order valence-electron chi connectivity index (χ4n) is 0.936. The zero-order chi connectivity index (χ0) is 9.56. The zero-order valence-corrected chi connectivity index (χ0v) is 11.3. The summed E-state index contributed by atoms with van der Waals surface area (Å²) in [4.78, 5) is 0. The second kappa shape index (κ2) is 6.47. The molecular formula is C11H24Si. The Morgan fingerprint density at radius 3 is 1.17 bits per heavy atom. The van der Waals surface area contributed by atoms with E-state index in [1.54, 1.807) is 0 Å². The van der Waals surface area contributed by atoms with E-state index in [0.29, 0.717) is 0 Å². The van der Waals surface area contributed by atoms with Crippen molar-refractivity contribution in [1.82, 2.24) is 0 Å². The Kier molecular flexibility index (Phi) is 6.45. The number of rotatable bonds is 2. The molecular weight excluding hydrogens is 160 g/mol. The van der Waals surface area contributed by atoms with Crippen LogP contribution in [0.4, 0.5) is 0 Å². The first kappa shape index (κ1) is 12.0. The van der Waals surface area contributed by atoms with Crippen LogP contribution >= 0.6 is 0 Å². The van der Waals surface area contributed by atoms with Crippen LogP contribution < -0.4 is 0 Å². The Hall–Kier alpha value is -0.0431. The van der Waals surface area contributed by atoms with Gasteiger partial charge in [-0.15, -0.1) is 0 Å². The van der Waals surface area contributed by atoms with Gasteiger partial charge >= 0.3 is 0 Å². The minimum absolute atomic E-state index is 0.904. The lowest BCUT2D eigenvalue weighted by Crippen LogP contribution is -2.08. The normalized spacial score (nSPS) is 14.9. The van der Waals surface area contributed by atoms with Gasteiger partial charge in [-0.05, 0) is 24.7 Å². The van der Waals surface area contributed by atoms with Crippen LogP contribution in [0.2, 0.25) is 5.54 Å². The molecule has 72 valence electrons. The van der Waals surface area contributed by atoms with Crippen LogP contribution in [0.15, 0.2) is 12.2 Å². The van der Waals surface area contributed by atoms with Crippen molar-refractivity contribution in [1.29, 1.82) is 0 Å². The molecule has 0 saturated carbocycles. The van der Waals surface area contributed by atoms with Crippen molar-refractivity contribution in [2.75, 3.05) is 0 Å². The molecule has 0 saturated heterocycles. The van der Waals surface area contributed by atoms with Gasteiger partial charge in [-0.2, -0.15) is 0 Å². The topological polar surface area (TPSA) is 0 Å². The quantitative estimate of drug-likeness (QED) is 0.457. The second-order valence-corrected chi connectivity index (χ2v) is 5.73. The van der Waals surface area contributed by atoms with Gasteiger partial charge in [0.1, 0.15) is 0 Å². The van der Waals surface area contributed by atoms with Crippen molar-refractivity contribution in [3.05, 3.63) is 12.2 Å². The summed E-state index contributed by atoms with van der Waals surface area (Å²) >= 11 is 0. The summed E-state index contributed by atoms with van der Waals surface area (Å²) in [6, 6.07) is 0. The van der Waals surface area contributed by atoms with Gasteiger partial charge in [-0.1, -0.05) is 45.4 Å². The maximum absolute atomic E-state index is 2.32. The van der Waals surface area contributed by atoms with E-state index in [9.17, 15) is 0 Å². The van der Waals surface area contributed by atoms with Crippen LogP contribution in [0.25, 0.3) is 0 Å². The highest BCUT2D eigenvalue weighted by Crippen LogP contribution is 2.21. The molecule has 0 spiro atoms. The van der Waals surface area contributed by atoms with Crippen LogP contribution in [-0.4, -0.2) is 10.2 Å². The van der Waals surface area contributed by atoms with Gasteiger partial charge in [0.2, 0.25) is 0 Å². The average Bonchev–Trinajstić information content (AvgIpc) is 1.81. The van der Waals surface area contributed by atoms with E-state index in [4.69, 9.17) is 0 Å². The molecule has 0 fully saturated rings. The Labute approximate surface area is 80.9 Å². The van der Waals surface area contributed by atoms with Crippen molar-refractivity contribution in [2.45, 2.75) is 46.1 Å². The first-order valence-electron chi connectivity index (χ1n) is 5.20. The lowest BCUT2D eigenvalue weighted by Gasteiger charge is -2.18. The molecule has 0 aliphatic heterocycles. The third-order valence-electron chi connectivity index (χ3n) is 2.77. The van der Waals surface area contributed by atoms with Crippen molar-refractivity contribution in [3.8, 4) is 0 Å². The van der Waals surface area contributed by atoms with Crippen molar-refractivity contribution >= 4 is 10.2 Å². The van der Waals surface area contributed by atoms with Gasteiger partial charge in [-0.3, -0.25) is 0 Å². The maximum atomic E-state index is 2.32. The number of hydrogen-bond donors (Lipinski definition) is 0. The van der Waals surface area contributed by atoms with Crippen LogP contribution in [0.1, 0.15) is 40.5 Å². The minimum atomic E-state index is 0.904. The Morgan fingerprint density at radius 2 is 1.17 bits per heavy atom. The standard InChI is InChI=1S/C7H18Si.C4H6/c1-5(2)7(8)6(3)4;1-2-4-3-1/h5-7H,1-4,8H3;1-2H,3-4H2. The fraction of sp³-hybridized carbons (Fsp3) is 0.818. The highest BCUT2D eigenvalue weighted by molar-refractivity contribution is 6.11. The lowest BCUT2D eigenvalue weighted by molar-refractivity contribution is 0.469. The molecule has 1 aliphatic carbocycles. The molecule has 1 heteroatoms. The summed E-state index contributed by atoms with van der Waals surface area (Å²) in [7, 11) is 1.36. The van der Waals surface area contributed by atoms with Crippen LogP contribution in [-0.2, 0) is 0 Å². The Balaban J connectivity index is 0.000000247. The van der Waals surface area contributed by atoms with Gasteiger partial charge in [0.05, 0.1) is 0 Å². The summed E-state index contributed by atoms with van der Waals surface area (Å²) in [5, 5.41) is 0. The van der Waals surface area contributed by atoms with E-state index in [0.717, 1.165) is 17.4 Å². The van der Waals surface area contributed by atoms with E-state index in [2.05, 4.69) is 39.8 Å². The summed E-state index contributed by atoms with van der Waals surface area (Å²) < 4.78 is 0.